The Balaban J connectivity index is 2.19. The zero-order valence-corrected chi connectivity index (χ0v) is 28.9. The molecular weight excluding hydrogens is 596 g/mol. The Hall–Kier alpha value is -3.34. The van der Waals surface area contributed by atoms with Crippen LogP contribution in [-0.2, 0) is 42.9 Å². The molecule has 1 fully saturated rings. The van der Waals surface area contributed by atoms with Crippen molar-refractivity contribution < 1.29 is 52.3 Å². The summed E-state index contributed by atoms with van der Waals surface area (Å²) in [5.74, 6) is -1.48. The molecule has 0 saturated carbocycles. The van der Waals surface area contributed by atoms with Gasteiger partial charge in [-0.2, -0.15) is 0 Å². The number of esters is 4. The van der Waals surface area contributed by atoms with Crippen molar-refractivity contribution >= 4 is 23.9 Å². The van der Waals surface area contributed by atoms with Gasteiger partial charge in [-0.1, -0.05) is 64.7 Å². The van der Waals surface area contributed by atoms with E-state index in [-0.39, 0.29) is 6.61 Å². The highest BCUT2D eigenvalue weighted by Gasteiger charge is 2.53. The SMILES string of the molecule is CCCCCCCCCCCCOc1cc(C)c(O[C@@H]2O[C@H](COC(C)=O)[C@@H](OC(C)=O)[C@H](OC(C)=O)[C@H]2OC(C)=O)c(C)c1C. The summed E-state index contributed by atoms with van der Waals surface area (Å²) >= 11 is 0. The topological polar surface area (TPSA) is 133 Å². The Kier molecular flexibility index (Phi) is 16.9. The van der Waals surface area contributed by atoms with Crippen LogP contribution in [0.2, 0.25) is 0 Å². The quantitative estimate of drug-likeness (QED) is 0.0939. The molecule has 260 valence electrons. The molecule has 11 heteroatoms. The Bertz CT molecular complexity index is 1150. The van der Waals surface area contributed by atoms with Crippen molar-refractivity contribution in [3.05, 3.63) is 22.8 Å². The van der Waals surface area contributed by atoms with Crippen molar-refractivity contribution in [2.24, 2.45) is 0 Å². The van der Waals surface area contributed by atoms with Gasteiger partial charge in [-0.25, -0.2) is 0 Å². The summed E-state index contributed by atoms with van der Waals surface area (Å²) in [4.78, 5) is 47.9. The van der Waals surface area contributed by atoms with E-state index in [1.807, 2.05) is 26.8 Å². The monoisotopic (exact) mass is 650 g/mol. The molecular formula is C35H54O11. The Morgan fingerprint density at radius 2 is 1.20 bits per heavy atom. The second kappa shape index (κ2) is 20.0. The molecule has 1 aromatic carbocycles. The Morgan fingerprint density at radius 1 is 0.674 bits per heavy atom. The predicted octanol–water partition coefficient (Wildman–Crippen LogP) is 6.37. The fourth-order valence-corrected chi connectivity index (χ4v) is 5.52. The van der Waals surface area contributed by atoms with Gasteiger partial charge in [0.25, 0.3) is 0 Å². The van der Waals surface area contributed by atoms with E-state index in [2.05, 4.69) is 6.92 Å². The van der Waals surface area contributed by atoms with Crippen molar-refractivity contribution in [3.63, 3.8) is 0 Å². The average molecular weight is 651 g/mol. The molecule has 0 aromatic heterocycles. The molecule has 0 unspecified atom stereocenters. The standard InChI is InChI=1S/C35H54O11/c1-9-10-11-12-13-14-15-16-17-18-19-40-29-20-22(2)31(24(4)23(29)3)46-35-34(44-28(8)39)33(43-27(7)38)32(42-26(6)37)30(45-35)21-41-25(5)36/h20,30,32-35H,9-19,21H2,1-8H3/t30-,32-,33+,34-,35+/m1/s1. The highest BCUT2D eigenvalue weighted by atomic mass is 16.7. The zero-order chi connectivity index (χ0) is 34.2. The van der Waals surface area contributed by atoms with Crippen molar-refractivity contribution in [1.29, 1.82) is 0 Å². The molecule has 1 aliphatic heterocycles. The molecule has 1 saturated heterocycles. The van der Waals surface area contributed by atoms with Gasteiger partial charge in [-0.3, -0.25) is 19.2 Å². The first-order valence-corrected chi connectivity index (χ1v) is 16.6. The molecule has 11 nitrogen and oxygen atoms in total. The highest BCUT2D eigenvalue weighted by molar-refractivity contribution is 5.68. The van der Waals surface area contributed by atoms with Gasteiger partial charge >= 0.3 is 23.9 Å². The van der Waals surface area contributed by atoms with Crippen LogP contribution in [0.5, 0.6) is 11.5 Å². The van der Waals surface area contributed by atoms with Crippen LogP contribution >= 0.6 is 0 Å². The third-order valence-electron chi connectivity index (χ3n) is 7.92. The van der Waals surface area contributed by atoms with Gasteiger partial charge in [0.1, 0.15) is 24.2 Å². The molecule has 0 aliphatic carbocycles. The van der Waals surface area contributed by atoms with E-state index in [1.54, 1.807) is 0 Å². The maximum atomic E-state index is 12.2. The molecule has 1 heterocycles. The molecule has 5 atom stereocenters. The second-order valence-electron chi connectivity index (χ2n) is 12.0. The first-order chi connectivity index (χ1) is 21.8. The zero-order valence-electron chi connectivity index (χ0n) is 28.9. The number of carbonyl (C=O) groups excluding carboxylic acids is 4. The number of rotatable bonds is 19. The minimum atomic E-state index is -1.31. The normalized spacial score (nSPS) is 20.8. The van der Waals surface area contributed by atoms with Crippen LogP contribution in [0.15, 0.2) is 6.07 Å². The summed E-state index contributed by atoms with van der Waals surface area (Å²) in [6, 6.07) is 1.89. The van der Waals surface area contributed by atoms with E-state index in [0.717, 1.165) is 35.3 Å². The van der Waals surface area contributed by atoms with Gasteiger partial charge in [-0.15, -0.1) is 0 Å². The summed E-state index contributed by atoms with van der Waals surface area (Å²) in [6.45, 7) is 12.9. The molecule has 1 aromatic rings. The highest BCUT2D eigenvalue weighted by Crippen LogP contribution is 2.37. The van der Waals surface area contributed by atoms with Crippen LogP contribution in [0, 0.1) is 20.8 Å². The number of hydrogen-bond donors (Lipinski definition) is 0. The number of hydrogen-bond acceptors (Lipinski definition) is 11. The second-order valence-corrected chi connectivity index (χ2v) is 12.0. The van der Waals surface area contributed by atoms with Gasteiger partial charge in [-0.05, 0) is 49.9 Å². The third kappa shape index (κ3) is 12.8. The lowest BCUT2D eigenvalue weighted by atomic mass is 9.97. The maximum absolute atomic E-state index is 12.2. The lowest BCUT2D eigenvalue weighted by Crippen LogP contribution is -2.63. The number of benzene rings is 1. The lowest BCUT2D eigenvalue weighted by molar-refractivity contribution is -0.288. The first-order valence-electron chi connectivity index (χ1n) is 16.6. The fraction of sp³-hybridized carbons (Fsp3) is 0.714. The largest absolute Gasteiger partial charge is 0.493 e. The van der Waals surface area contributed by atoms with E-state index >= 15 is 0 Å². The molecule has 0 N–H and O–H groups in total. The van der Waals surface area contributed by atoms with Crippen LogP contribution in [0.4, 0.5) is 0 Å². The number of carbonyl (C=O) groups is 4. The molecule has 1 aliphatic rings. The summed E-state index contributed by atoms with van der Waals surface area (Å²) in [5, 5.41) is 0. The van der Waals surface area contributed by atoms with Crippen LogP contribution < -0.4 is 9.47 Å². The van der Waals surface area contributed by atoms with Crippen molar-refractivity contribution in [2.45, 2.75) is 150 Å². The lowest BCUT2D eigenvalue weighted by Gasteiger charge is -2.44. The smallest absolute Gasteiger partial charge is 0.303 e. The van der Waals surface area contributed by atoms with Crippen LogP contribution in [0.25, 0.3) is 0 Å². The summed E-state index contributed by atoms with van der Waals surface area (Å²) in [7, 11) is 0. The summed E-state index contributed by atoms with van der Waals surface area (Å²) < 4.78 is 40.3. The fourth-order valence-electron chi connectivity index (χ4n) is 5.52. The van der Waals surface area contributed by atoms with Gasteiger partial charge in [0.2, 0.25) is 12.4 Å². The average Bonchev–Trinajstić information content (AvgIpc) is 2.97. The van der Waals surface area contributed by atoms with E-state index in [4.69, 9.17) is 33.2 Å². The Morgan fingerprint density at radius 3 is 1.74 bits per heavy atom. The molecule has 2 rings (SSSR count). The van der Waals surface area contributed by atoms with E-state index in [9.17, 15) is 19.2 Å². The third-order valence-corrected chi connectivity index (χ3v) is 7.92. The van der Waals surface area contributed by atoms with Crippen molar-refractivity contribution in [2.75, 3.05) is 13.2 Å². The molecule has 0 bridgehead atoms. The van der Waals surface area contributed by atoms with Crippen LogP contribution in [0.1, 0.15) is 116 Å². The molecule has 0 amide bonds. The van der Waals surface area contributed by atoms with Crippen molar-refractivity contribution in [3.8, 4) is 11.5 Å². The van der Waals surface area contributed by atoms with Crippen LogP contribution in [-0.4, -0.2) is 67.8 Å². The van der Waals surface area contributed by atoms with Crippen LogP contribution in [0.3, 0.4) is 0 Å². The minimum absolute atomic E-state index is 0.333. The summed E-state index contributed by atoms with van der Waals surface area (Å²) in [6.07, 6.45) is 6.17. The van der Waals surface area contributed by atoms with E-state index in [0.29, 0.717) is 12.4 Å². The maximum Gasteiger partial charge on any atom is 0.303 e. The van der Waals surface area contributed by atoms with E-state index < -0.39 is 54.6 Å². The molecule has 46 heavy (non-hydrogen) atoms. The van der Waals surface area contributed by atoms with Gasteiger partial charge in [0.15, 0.2) is 12.2 Å². The summed E-state index contributed by atoms with van der Waals surface area (Å²) in [5.41, 5.74) is 2.40. The first kappa shape index (κ1) is 38.8. The predicted molar refractivity (Wildman–Crippen MR) is 171 cm³/mol. The van der Waals surface area contributed by atoms with Gasteiger partial charge in [0.05, 0.1) is 6.61 Å². The van der Waals surface area contributed by atoms with Gasteiger partial charge in [0, 0.05) is 27.7 Å². The number of unbranched alkanes of at least 4 members (excludes halogenated alkanes) is 9. The Labute approximate surface area is 273 Å². The van der Waals surface area contributed by atoms with E-state index in [1.165, 1.54) is 79.1 Å². The molecule has 0 spiro atoms. The van der Waals surface area contributed by atoms with Gasteiger partial charge < -0.3 is 33.2 Å². The minimum Gasteiger partial charge on any atom is -0.493 e. The number of ether oxygens (including phenoxy) is 7. The molecule has 0 radical (unpaired) electrons. The van der Waals surface area contributed by atoms with Crippen molar-refractivity contribution in [1.82, 2.24) is 0 Å². The number of aryl methyl sites for hydroxylation is 1.